The van der Waals surface area contributed by atoms with Gasteiger partial charge in [-0.05, 0) is 24.6 Å². The van der Waals surface area contributed by atoms with Crippen molar-refractivity contribution in [2.24, 2.45) is 7.05 Å². The van der Waals surface area contributed by atoms with Gasteiger partial charge in [0.2, 0.25) is 0 Å². The van der Waals surface area contributed by atoms with Crippen LogP contribution in [0.4, 0.5) is 5.69 Å². The first kappa shape index (κ1) is 19.4. The van der Waals surface area contributed by atoms with Crippen LogP contribution in [0.3, 0.4) is 0 Å². The maximum absolute atomic E-state index is 5.92. The van der Waals surface area contributed by atoms with Crippen molar-refractivity contribution in [2.45, 2.75) is 45.4 Å². The molecular weight excluding hydrogens is 341 g/mol. The molecule has 0 saturated carbocycles. The van der Waals surface area contributed by atoms with E-state index < -0.39 is 0 Å². The fourth-order valence-electron chi connectivity index (χ4n) is 3.12. The Labute approximate surface area is 155 Å². The molecule has 0 atom stereocenters. The van der Waals surface area contributed by atoms with Crippen LogP contribution in [-0.2, 0) is 13.5 Å². The van der Waals surface area contributed by atoms with Gasteiger partial charge in [-0.2, -0.15) is 0 Å². The Bertz CT molecular complexity index is 618. The van der Waals surface area contributed by atoms with Gasteiger partial charge in [0.15, 0.2) is 0 Å². The Morgan fingerprint density at radius 3 is 2.42 bits per heavy atom. The van der Waals surface area contributed by atoms with Crippen molar-refractivity contribution < 1.29 is 0 Å². The summed E-state index contributed by atoms with van der Waals surface area (Å²) in [4.78, 5) is 7.08. The first-order chi connectivity index (χ1) is 11.7. The van der Waals surface area contributed by atoms with E-state index in [0.717, 1.165) is 30.7 Å². The fourth-order valence-corrected chi connectivity index (χ4v) is 3.53. The average molecular weight is 370 g/mol. The summed E-state index contributed by atoms with van der Waals surface area (Å²) < 4.78 is 2.23. The first-order valence-corrected chi connectivity index (χ1v) is 10.1. The Hall–Kier alpha value is -0.930. The lowest BCUT2D eigenvalue weighted by molar-refractivity contribution is 0.616. The minimum atomic E-state index is 0.597. The third kappa shape index (κ3) is 5.03. The second-order valence-electron chi connectivity index (χ2n) is 6.29. The first-order valence-electron chi connectivity index (χ1n) is 9.03. The van der Waals surface area contributed by atoms with E-state index in [1.807, 2.05) is 0 Å². The van der Waals surface area contributed by atoms with Gasteiger partial charge < -0.3 is 9.47 Å². The Kier molecular flexibility index (Phi) is 8.20. The molecule has 0 spiro atoms. The summed E-state index contributed by atoms with van der Waals surface area (Å²) in [6.45, 7) is 3.86. The number of alkyl halides is 2. The number of halogens is 2. The van der Waals surface area contributed by atoms with Crippen LogP contribution < -0.4 is 4.90 Å². The third-order valence-corrected chi connectivity index (χ3v) is 4.87. The number of hydrogen-bond acceptors (Lipinski definition) is 2. The SMILES string of the molecule is CCCCCCCc1nc2cc(N(CCCl)CCCl)ccc2n1C. The van der Waals surface area contributed by atoms with Crippen LogP contribution in [0.1, 0.15) is 44.9 Å². The van der Waals surface area contributed by atoms with Crippen molar-refractivity contribution in [1.29, 1.82) is 0 Å². The zero-order chi connectivity index (χ0) is 17.4. The summed E-state index contributed by atoms with van der Waals surface area (Å²) in [6, 6.07) is 6.47. The van der Waals surface area contributed by atoms with Crippen LogP contribution in [0.25, 0.3) is 11.0 Å². The maximum atomic E-state index is 5.92. The smallest absolute Gasteiger partial charge is 0.109 e. The summed E-state index contributed by atoms with van der Waals surface area (Å²) in [5.41, 5.74) is 3.41. The molecular formula is C19H29Cl2N3. The summed E-state index contributed by atoms with van der Waals surface area (Å²) in [5, 5.41) is 0. The maximum Gasteiger partial charge on any atom is 0.109 e. The molecule has 2 rings (SSSR count). The lowest BCUT2D eigenvalue weighted by atomic mass is 10.1. The Morgan fingerprint density at radius 2 is 1.75 bits per heavy atom. The van der Waals surface area contributed by atoms with Crippen molar-refractivity contribution in [3.63, 3.8) is 0 Å². The molecule has 1 heterocycles. The molecule has 24 heavy (non-hydrogen) atoms. The number of unbranched alkanes of at least 4 members (excludes halogenated alkanes) is 4. The molecule has 0 aliphatic rings. The highest BCUT2D eigenvalue weighted by molar-refractivity contribution is 6.18. The highest BCUT2D eigenvalue weighted by Crippen LogP contribution is 2.23. The summed E-state index contributed by atoms with van der Waals surface area (Å²) in [6.07, 6.45) is 7.52. The molecule has 1 aromatic carbocycles. The molecule has 0 amide bonds. The van der Waals surface area contributed by atoms with E-state index in [1.165, 1.54) is 43.4 Å². The molecule has 0 radical (unpaired) electrons. The minimum absolute atomic E-state index is 0.597. The van der Waals surface area contributed by atoms with Gasteiger partial charge in [0.25, 0.3) is 0 Å². The summed E-state index contributed by atoms with van der Waals surface area (Å²) in [5.74, 6) is 2.38. The zero-order valence-corrected chi connectivity index (χ0v) is 16.4. The highest BCUT2D eigenvalue weighted by atomic mass is 35.5. The van der Waals surface area contributed by atoms with Crippen molar-refractivity contribution in [3.05, 3.63) is 24.0 Å². The van der Waals surface area contributed by atoms with Crippen molar-refractivity contribution >= 4 is 39.9 Å². The normalized spacial score (nSPS) is 11.3. The number of aromatic nitrogens is 2. The molecule has 0 fully saturated rings. The van der Waals surface area contributed by atoms with Gasteiger partial charge in [0.1, 0.15) is 5.82 Å². The summed E-state index contributed by atoms with van der Waals surface area (Å²) in [7, 11) is 2.12. The largest absolute Gasteiger partial charge is 0.369 e. The molecule has 2 aromatic rings. The van der Waals surface area contributed by atoms with Gasteiger partial charge >= 0.3 is 0 Å². The van der Waals surface area contributed by atoms with Gasteiger partial charge in [-0.15, -0.1) is 23.2 Å². The van der Waals surface area contributed by atoms with Crippen molar-refractivity contribution in [2.75, 3.05) is 29.7 Å². The van der Waals surface area contributed by atoms with Crippen LogP contribution in [0.5, 0.6) is 0 Å². The molecule has 0 unspecified atom stereocenters. The number of benzene rings is 1. The Balaban J connectivity index is 2.11. The second kappa shape index (κ2) is 10.1. The molecule has 0 aliphatic heterocycles. The number of hydrogen-bond donors (Lipinski definition) is 0. The van der Waals surface area contributed by atoms with Gasteiger partial charge in [-0.3, -0.25) is 0 Å². The highest BCUT2D eigenvalue weighted by Gasteiger charge is 2.11. The standard InChI is InChI=1S/C19H29Cl2N3/c1-3-4-5-6-7-8-19-22-17-15-16(9-10-18(17)23(19)2)24(13-11-20)14-12-21/h9-10,15H,3-8,11-14H2,1-2H3. The number of nitrogens with zero attached hydrogens (tertiary/aromatic N) is 3. The zero-order valence-electron chi connectivity index (χ0n) is 14.9. The second-order valence-corrected chi connectivity index (χ2v) is 7.05. The van der Waals surface area contributed by atoms with Gasteiger partial charge in [-0.1, -0.05) is 32.6 Å². The van der Waals surface area contributed by atoms with Crippen LogP contribution in [0.15, 0.2) is 18.2 Å². The number of anilines is 1. The van der Waals surface area contributed by atoms with Crippen LogP contribution >= 0.6 is 23.2 Å². The quantitative estimate of drug-likeness (QED) is 0.392. The van der Waals surface area contributed by atoms with E-state index in [2.05, 4.69) is 41.6 Å². The van der Waals surface area contributed by atoms with E-state index in [0.29, 0.717) is 11.8 Å². The number of rotatable bonds is 11. The van der Waals surface area contributed by atoms with Gasteiger partial charge in [0, 0.05) is 44.0 Å². The lowest BCUT2D eigenvalue weighted by Crippen LogP contribution is -2.27. The number of aryl methyl sites for hydroxylation is 2. The lowest BCUT2D eigenvalue weighted by Gasteiger charge is -2.22. The molecule has 0 aliphatic carbocycles. The topological polar surface area (TPSA) is 21.1 Å². The van der Waals surface area contributed by atoms with E-state index in [-0.39, 0.29) is 0 Å². The molecule has 0 N–H and O–H groups in total. The van der Waals surface area contributed by atoms with E-state index in [9.17, 15) is 0 Å². The fraction of sp³-hybridized carbons (Fsp3) is 0.632. The van der Waals surface area contributed by atoms with E-state index in [1.54, 1.807) is 0 Å². The third-order valence-electron chi connectivity index (χ3n) is 4.53. The molecule has 1 aromatic heterocycles. The van der Waals surface area contributed by atoms with Gasteiger partial charge in [0.05, 0.1) is 11.0 Å². The predicted octanol–water partition coefficient (Wildman–Crippen LogP) is 5.37. The molecule has 0 bridgehead atoms. The van der Waals surface area contributed by atoms with Crippen LogP contribution in [-0.4, -0.2) is 34.4 Å². The molecule has 5 heteroatoms. The number of fused-ring (bicyclic) bond motifs is 1. The molecule has 0 saturated heterocycles. The molecule has 3 nitrogen and oxygen atoms in total. The average Bonchev–Trinajstić information content (AvgIpc) is 2.90. The van der Waals surface area contributed by atoms with E-state index >= 15 is 0 Å². The summed E-state index contributed by atoms with van der Waals surface area (Å²) >= 11 is 11.8. The number of imidazole rings is 1. The monoisotopic (exact) mass is 369 g/mol. The van der Waals surface area contributed by atoms with Gasteiger partial charge in [-0.25, -0.2) is 4.98 Å². The Morgan fingerprint density at radius 1 is 1.04 bits per heavy atom. The van der Waals surface area contributed by atoms with Crippen LogP contribution in [0.2, 0.25) is 0 Å². The van der Waals surface area contributed by atoms with Crippen molar-refractivity contribution in [1.82, 2.24) is 9.55 Å². The van der Waals surface area contributed by atoms with Crippen molar-refractivity contribution in [3.8, 4) is 0 Å². The predicted molar refractivity (Wildman–Crippen MR) is 107 cm³/mol. The van der Waals surface area contributed by atoms with Crippen LogP contribution in [0, 0.1) is 0 Å². The van der Waals surface area contributed by atoms with E-state index in [4.69, 9.17) is 28.2 Å². The minimum Gasteiger partial charge on any atom is -0.369 e. The molecule has 134 valence electrons.